The van der Waals surface area contributed by atoms with Crippen molar-refractivity contribution in [3.8, 4) is 12.1 Å². The van der Waals surface area contributed by atoms with Gasteiger partial charge in [-0.25, -0.2) is 4.58 Å². The highest BCUT2D eigenvalue weighted by Gasteiger charge is 2.40. The highest BCUT2D eigenvalue weighted by atomic mass is 16.2. The minimum Gasteiger partial charge on any atom is -0.348 e. The number of hydrogen-bond donors (Lipinski definition) is 2. The molecule has 152 valence electrons. The van der Waals surface area contributed by atoms with E-state index in [9.17, 15) is 14.9 Å². The van der Waals surface area contributed by atoms with Crippen LogP contribution in [0.2, 0.25) is 0 Å². The Kier molecular flexibility index (Phi) is 6.12. The molecule has 0 aliphatic carbocycles. The Morgan fingerprint density at radius 2 is 2.17 bits per heavy atom. The highest BCUT2D eigenvalue weighted by molar-refractivity contribution is 6.00. The second kappa shape index (κ2) is 8.57. The van der Waals surface area contributed by atoms with Crippen molar-refractivity contribution in [3.05, 3.63) is 11.1 Å². The Morgan fingerprint density at radius 3 is 2.83 bits per heavy atom. The number of nitriles is 2. The normalized spacial score (nSPS) is 32.2. The summed E-state index contributed by atoms with van der Waals surface area (Å²) in [5.41, 5.74) is 1.21. The predicted molar refractivity (Wildman–Crippen MR) is 107 cm³/mol. The maximum absolute atomic E-state index is 12.7. The van der Waals surface area contributed by atoms with E-state index in [1.165, 1.54) is 0 Å². The van der Waals surface area contributed by atoms with Crippen molar-refractivity contribution in [3.63, 3.8) is 0 Å². The number of nitrogens with one attached hydrogen (secondary N) is 2. The maximum atomic E-state index is 12.7. The first-order chi connectivity index (χ1) is 13.8. The van der Waals surface area contributed by atoms with Gasteiger partial charge in [0.05, 0.1) is 24.6 Å². The van der Waals surface area contributed by atoms with E-state index in [4.69, 9.17) is 5.26 Å². The molecule has 3 aliphatic rings. The number of hydrogen-bond acceptors (Lipinski definition) is 5. The zero-order valence-corrected chi connectivity index (χ0v) is 17.1. The van der Waals surface area contributed by atoms with E-state index >= 15 is 0 Å². The summed E-state index contributed by atoms with van der Waals surface area (Å²) in [6.45, 7) is 3.78. The van der Waals surface area contributed by atoms with Crippen molar-refractivity contribution < 1.29 is 14.2 Å². The summed E-state index contributed by atoms with van der Waals surface area (Å²) in [6, 6.07) is 3.77. The standard InChI is InChI=1S/C21H26N6O2/c1-12-15(21(29)26-16-6-7-24-17(10-23)20(12)16)8-19(28)25-13(2)18-5-4-14(9-22)11-27(18)3/h7,11,13-14,16-18,20H,4-6,8H2,1-3H3,(H-,25,26,28,29)/p+1/t13-,14?,16?,17?,18?,20?/m0/s1. The van der Waals surface area contributed by atoms with Crippen molar-refractivity contribution in [2.75, 3.05) is 7.05 Å². The van der Waals surface area contributed by atoms with Gasteiger partial charge in [-0.15, -0.1) is 0 Å². The number of rotatable bonds is 4. The first kappa shape index (κ1) is 20.7. The third-order valence-corrected chi connectivity index (χ3v) is 6.28. The largest absolute Gasteiger partial charge is 0.348 e. The number of carbonyl (C=O) groups excluding carboxylic acids is 2. The molecule has 0 fully saturated rings. The fourth-order valence-corrected chi connectivity index (χ4v) is 4.69. The van der Waals surface area contributed by atoms with Gasteiger partial charge in [-0.3, -0.25) is 14.6 Å². The molecular weight excluding hydrogens is 368 g/mol. The molecule has 8 heteroatoms. The first-order valence-electron chi connectivity index (χ1n) is 10.0. The van der Waals surface area contributed by atoms with Gasteiger partial charge < -0.3 is 10.6 Å². The van der Waals surface area contributed by atoms with E-state index in [1.807, 2.05) is 31.7 Å². The quantitative estimate of drug-likeness (QED) is 0.680. The van der Waals surface area contributed by atoms with E-state index in [-0.39, 0.29) is 48.2 Å². The van der Waals surface area contributed by atoms with Gasteiger partial charge in [-0.1, -0.05) is 5.57 Å². The Labute approximate surface area is 171 Å². The van der Waals surface area contributed by atoms with E-state index < -0.39 is 6.04 Å². The molecule has 0 saturated heterocycles. The van der Waals surface area contributed by atoms with Gasteiger partial charge in [-0.05, 0) is 20.3 Å². The Morgan fingerprint density at radius 1 is 1.41 bits per heavy atom. The number of amides is 2. The smallest absolute Gasteiger partial charge is 0.247 e. The molecule has 6 atom stereocenters. The average Bonchev–Trinajstić information content (AvgIpc) is 2.70. The summed E-state index contributed by atoms with van der Waals surface area (Å²) in [7, 11) is 1.92. The van der Waals surface area contributed by atoms with E-state index in [0.29, 0.717) is 12.0 Å². The second-order valence-electron chi connectivity index (χ2n) is 8.14. The van der Waals surface area contributed by atoms with Gasteiger partial charge in [0.1, 0.15) is 19.0 Å². The number of likely N-dealkylation sites (N-methyl/N-ethyl adjacent to an activating group) is 1. The number of nitrogens with zero attached hydrogens (tertiary/aromatic N) is 4. The lowest BCUT2D eigenvalue weighted by molar-refractivity contribution is -0.544. The molecule has 0 aromatic heterocycles. The molecular formula is C21H27N6O2+. The SMILES string of the molecule is CC1=C(CC(=O)N[C@@H](C)C2CCC(C#N)C=[N+]2C)C(=O)NC2CC=NC(C#N)C12. The van der Waals surface area contributed by atoms with Crippen molar-refractivity contribution in [1.29, 1.82) is 10.5 Å². The van der Waals surface area contributed by atoms with Crippen LogP contribution < -0.4 is 10.6 Å². The van der Waals surface area contributed by atoms with Crippen LogP contribution in [0.1, 0.15) is 39.5 Å². The van der Waals surface area contributed by atoms with Gasteiger partial charge in [-0.2, -0.15) is 10.5 Å². The fraction of sp³-hybridized carbons (Fsp3) is 0.619. The first-order valence-corrected chi connectivity index (χ1v) is 10.0. The zero-order chi connectivity index (χ0) is 21.1. The van der Waals surface area contributed by atoms with Gasteiger partial charge >= 0.3 is 0 Å². The summed E-state index contributed by atoms with van der Waals surface area (Å²) < 4.78 is 2.00. The van der Waals surface area contributed by atoms with E-state index in [1.54, 1.807) is 6.21 Å². The van der Waals surface area contributed by atoms with Gasteiger partial charge in [0.15, 0.2) is 12.3 Å². The summed E-state index contributed by atoms with van der Waals surface area (Å²) in [5.74, 6) is -0.732. The van der Waals surface area contributed by atoms with Crippen molar-refractivity contribution >= 4 is 24.2 Å². The third-order valence-electron chi connectivity index (χ3n) is 6.28. The number of fused-ring (bicyclic) bond motifs is 1. The third kappa shape index (κ3) is 4.22. The minimum atomic E-state index is -0.536. The lowest BCUT2D eigenvalue weighted by Gasteiger charge is -2.37. The summed E-state index contributed by atoms with van der Waals surface area (Å²) >= 11 is 0. The Balaban J connectivity index is 1.70. The van der Waals surface area contributed by atoms with Crippen LogP contribution in [0.25, 0.3) is 0 Å². The van der Waals surface area contributed by atoms with Crippen molar-refractivity contribution in [1.82, 2.24) is 10.6 Å². The van der Waals surface area contributed by atoms with Crippen LogP contribution in [0.4, 0.5) is 0 Å². The van der Waals surface area contributed by atoms with Crippen molar-refractivity contribution in [2.24, 2.45) is 16.8 Å². The summed E-state index contributed by atoms with van der Waals surface area (Å²) in [4.78, 5) is 29.5. The molecule has 0 aromatic carbocycles. The molecule has 8 nitrogen and oxygen atoms in total. The lowest BCUT2D eigenvalue weighted by Crippen LogP contribution is -2.52. The molecule has 2 amide bonds. The maximum Gasteiger partial charge on any atom is 0.247 e. The second-order valence-corrected chi connectivity index (χ2v) is 8.14. The van der Waals surface area contributed by atoms with Crippen LogP contribution in [0, 0.1) is 34.5 Å². The minimum absolute atomic E-state index is 0.0198. The van der Waals surface area contributed by atoms with Crippen LogP contribution in [0.3, 0.4) is 0 Å². The molecule has 2 N–H and O–H groups in total. The topological polar surface area (TPSA) is 121 Å². The number of aliphatic imine (C=N–C) groups is 1. The van der Waals surface area contributed by atoms with Crippen LogP contribution in [-0.2, 0) is 9.59 Å². The average molecular weight is 395 g/mol. The molecule has 0 aromatic rings. The predicted octanol–water partition coefficient (Wildman–Crippen LogP) is 0.694. The summed E-state index contributed by atoms with van der Waals surface area (Å²) in [6.07, 6.45) is 5.77. The molecule has 3 aliphatic heterocycles. The molecule has 5 unspecified atom stereocenters. The van der Waals surface area contributed by atoms with Crippen molar-refractivity contribution in [2.45, 2.75) is 63.7 Å². The molecule has 3 rings (SSSR count). The highest BCUT2D eigenvalue weighted by Crippen LogP contribution is 2.33. The van der Waals surface area contributed by atoms with Crippen LogP contribution >= 0.6 is 0 Å². The van der Waals surface area contributed by atoms with E-state index in [0.717, 1.165) is 18.4 Å². The summed E-state index contributed by atoms with van der Waals surface area (Å²) in [5, 5.41) is 24.4. The Bertz CT molecular complexity index is 875. The van der Waals surface area contributed by atoms with Crippen LogP contribution in [0.15, 0.2) is 16.1 Å². The molecule has 0 radical (unpaired) electrons. The molecule has 29 heavy (non-hydrogen) atoms. The molecule has 3 heterocycles. The molecule has 0 spiro atoms. The van der Waals surface area contributed by atoms with Gasteiger partial charge in [0, 0.05) is 36.6 Å². The molecule has 0 bridgehead atoms. The monoisotopic (exact) mass is 395 g/mol. The van der Waals surface area contributed by atoms with Gasteiger partial charge in [0.2, 0.25) is 11.8 Å². The van der Waals surface area contributed by atoms with Crippen LogP contribution in [-0.4, -0.2) is 60.0 Å². The molecule has 0 saturated carbocycles. The Hall–Kier alpha value is -3.00. The van der Waals surface area contributed by atoms with Gasteiger partial charge in [0.25, 0.3) is 0 Å². The fourth-order valence-electron chi connectivity index (χ4n) is 4.69. The number of carbonyl (C=O) groups is 2. The van der Waals surface area contributed by atoms with E-state index in [2.05, 4.69) is 27.8 Å². The zero-order valence-electron chi connectivity index (χ0n) is 17.1. The van der Waals surface area contributed by atoms with Crippen LogP contribution in [0.5, 0.6) is 0 Å². The lowest BCUT2D eigenvalue weighted by atomic mass is 9.77.